The third-order valence-electron chi connectivity index (χ3n) is 5.18. The minimum absolute atomic E-state index is 0.0264. The molecule has 2 atom stereocenters. The summed E-state index contributed by atoms with van der Waals surface area (Å²) >= 11 is 0. The van der Waals surface area contributed by atoms with Crippen molar-refractivity contribution in [3.8, 4) is 0 Å². The van der Waals surface area contributed by atoms with Gasteiger partial charge in [-0.05, 0) is 31.0 Å². The van der Waals surface area contributed by atoms with Gasteiger partial charge in [0.25, 0.3) is 5.92 Å². The maximum Gasteiger partial charge on any atom is 0.433 e. The zero-order valence-electron chi connectivity index (χ0n) is 15.5. The fourth-order valence-electron chi connectivity index (χ4n) is 3.74. The van der Waals surface area contributed by atoms with E-state index in [1.54, 1.807) is 0 Å². The summed E-state index contributed by atoms with van der Waals surface area (Å²) in [7, 11) is 0. The first-order chi connectivity index (χ1) is 13.1. The Labute approximate surface area is 160 Å². The van der Waals surface area contributed by atoms with E-state index in [0.29, 0.717) is 19.9 Å². The maximum atomic E-state index is 14.0. The van der Waals surface area contributed by atoms with Crippen molar-refractivity contribution in [3.05, 3.63) is 41.1 Å². The molecule has 0 aliphatic carbocycles. The van der Waals surface area contributed by atoms with Gasteiger partial charge >= 0.3 is 6.18 Å². The van der Waals surface area contributed by atoms with Crippen molar-refractivity contribution in [2.24, 2.45) is 0 Å². The maximum absolute atomic E-state index is 14.0. The molecule has 1 aliphatic rings. The number of aliphatic hydroxyl groups is 1. The van der Waals surface area contributed by atoms with E-state index in [4.69, 9.17) is 0 Å². The summed E-state index contributed by atoms with van der Waals surface area (Å²) < 4.78 is 68.2. The first kappa shape index (κ1) is 20.9. The predicted octanol–water partition coefficient (Wildman–Crippen LogP) is 5.32. The average Bonchev–Trinajstić information content (AvgIpc) is 2.57. The minimum Gasteiger partial charge on any atom is -0.387 e. The van der Waals surface area contributed by atoms with Gasteiger partial charge in [-0.3, -0.25) is 0 Å². The van der Waals surface area contributed by atoms with Crippen molar-refractivity contribution >= 4 is 10.9 Å². The SMILES string of the molecule is CC(F)(F)c1cccc2c(C(O)C3CCCCCCN3)cc(C(F)(F)F)nc12. The summed E-state index contributed by atoms with van der Waals surface area (Å²) in [6, 6.07) is 4.19. The van der Waals surface area contributed by atoms with Crippen LogP contribution >= 0.6 is 0 Å². The Kier molecular flexibility index (Phi) is 5.91. The highest BCUT2D eigenvalue weighted by Gasteiger charge is 2.37. The third kappa shape index (κ3) is 4.43. The molecule has 8 heteroatoms. The fraction of sp³-hybridized carbons (Fsp3) is 0.550. The quantitative estimate of drug-likeness (QED) is 0.683. The zero-order valence-corrected chi connectivity index (χ0v) is 15.5. The van der Waals surface area contributed by atoms with Crippen LogP contribution in [0.4, 0.5) is 22.0 Å². The van der Waals surface area contributed by atoms with Gasteiger partial charge in [-0.25, -0.2) is 13.8 Å². The molecule has 2 N–H and O–H groups in total. The monoisotopic (exact) mass is 402 g/mol. The Bertz CT molecular complexity index is 824. The number of rotatable bonds is 3. The summed E-state index contributed by atoms with van der Waals surface area (Å²) in [6.07, 6.45) is -1.68. The van der Waals surface area contributed by atoms with Crippen molar-refractivity contribution in [3.63, 3.8) is 0 Å². The number of pyridine rings is 1. The molecule has 0 bridgehead atoms. The van der Waals surface area contributed by atoms with Crippen molar-refractivity contribution in [2.75, 3.05) is 6.54 Å². The van der Waals surface area contributed by atoms with Gasteiger partial charge < -0.3 is 10.4 Å². The Morgan fingerprint density at radius 3 is 2.50 bits per heavy atom. The number of halogens is 5. The molecular weight excluding hydrogens is 379 g/mol. The molecule has 0 radical (unpaired) electrons. The lowest BCUT2D eigenvalue weighted by Crippen LogP contribution is -2.36. The molecule has 0 amide bonds. The molecule has 1 aromatic heterocycles. The second-order valence-electron chi connectivity index (χ2n) is 7.39. The van der Waals surface area contributed by atoms with Gasteiger partial charge in [-0.1, -0.05) is 37.5 Å². The molecule has 1 aromatic carbocycles. The summed E-state index contributed by atoms with van der Waals surface area (Å²) in [6.45, 7) is 1.27. The smallest absolute Gasteiger partial charge is 0.387 e. The molecule has 3 nitrogen and oxygen atoms in total. The van der Waals surface area contributed by atoms with Crippen LogP contribution in [0.5, 0.6) is 0 Å². The minimum atomic E-state index is -4.81. The number of benzene rings is 1. The van der Waals surface area contributed by atoms with Crippen LogP contribution < -0.4 is 5.32 Å². The molecule has 2 heterocycles. The van der Waals surface area contributed by atoms with Crippen LogP contribution in [-0.2, 0) is 12.1 Å². The second-order valence-corrected chi connectivity index (χ2v) is 7.39. The summed E-state index contributed by atoms with van der Waals surface area (Å²) in [5.41, 5.74) is -2.32. The molecule has 1 aliphatic heterocycles. The summed E-state index contributed by atoms with van der Waals surface area (Å²) in [5.74, 6) is -3.36. The number of alkyl halides is 5. The van der Waals surface area contributed by atoms with E-state index in [-0.39, 0.29) is 10.9 Å². The van der Waals surface area contributed by atoms with Crippen molar-refractivity contribution in [1.82, 2.24) is 10.3 Å². The highest BCUT2D eigenvalue weighted by Crippen LogP contribution is 2.39. The predicted molar refractivity (Wildman–Crippen MR) is 96.1 cm³/mol. The fourth-order valence-corrected chi connectivity index (χ4v) is 3.74. The number of nitrogens with zero attached hydrogens (tertiary/aromatic N) is 1. The number of hydrogen-bond donors (Lipinski definition) is 2. The standard InChI is InChI=1S/C20H23F5N2O/c1-19(21,22)14-8-6-7-12-13(11-16(20(23,24)25)27-17(12)14)18(28)15-9-4-2-3-5-10-26-15/h6-8,11,15,18,26,28H,2-5,9-10H2,1H3. The van der Waals surface area contributed by atoms with E-state index in [2.05, 4.69) is 10.3 Å². The second kappa shape index (κ2) is 7.91. The van der Waals surface area contributed by atoms with Gasteiger partial charge in [0.15, 0.2) is 0 Å². The molecular formula is C20H23F5N2O. The van der Waals surface area contributed by atoms with E-state index in [0.717, 1.165) is 37.8 Å². The van der Waals surface area contributed by atoms with Gasteiger partial charge in [0, 0.05) is 23.9 Å². The van der Waals surface area contributed by atoms with E-state index < -0.39 is 41.0 Å². The van der Waals surface area contributed by atoms with Crippen LogP contribution in [-0.4, -0.2) is 22.7 Å². The number of nitrogens with one attached hydrogen (secondary N) is 1. The lowest BCUT2D eigenvalue weighted by Gasteiger charge is -2.28. The number of aromatic nitrogens is 1. The van der Waals surface area contributed by atoms with E-state index >= 15 is 0 Å². The highest BCUT2D eigenvalue weighted by molar-refractivity contribution is 5.86. The molecule has 2 unspecified atom stereocenters. The molecule has 1 fully saturated rings. The Morgan fingerprint density at radius 1 is 1.11 bits per heavy atom. The van der Waals surface area contributed by atoms with Crippen molar-refractivity contribution in [2.45, 2.75) is 63.3 Å². The lowest BCUT2D eigenvalue weighted by atomic mass is 9.91. The van der Waals surface area contributed by atoms with E-state index in [1.807, 2.05) is 0 Å². The van der Waals surface area contributed by atoms with Crippen LogP contribution in [0.3, 0.4) is 0 Å². The third-order valence-corrected chi connectivity index (χ3v) is 5.18. The molecule has 1 saturated heterocycles. The molecule has 28 heavy (non-hydrogen) atoms. The van der Waals surface area contributed by atoms with Crippen LogP contribution in [0.25, 0.3) is 10.9 Å². The highest BCUT2D eigenvalue weighted by atomic mass is 19.4. The summed E-state index contributed by atoms with van der Waals surface area (Å²) in [4.78, 5) is 3.50. The average molecular weight is 402 g/mol. The molecule has 0 saturated carbocycles. The first-order valence-corrected chi connectivity index (χ1v) is 9.39. The Morgan fingerprint density at radius 2 is 1.82 bits per heavy atom. The van der Waals surface area contributed by atoms with Crippen molar-refractivity contribution < 1.29 is 27.1 Å². The Balaban J connectivity index is 2.17. The van der Waals surface area contributed by atoms with Gasteiger partial charge in [-0.15, -0.1) is 0 Å². The van der Waals surface area contributed by atoms with Gasteiger partial charge in [0.05, 0.1) is 11.6 Å². The van der Waals surface area contributed by atoms with Crippen molar-refractivity contribution in [1.29, 1.82) is 0 Å². The summed E-state index contributed by atoms with van der Waals surface area (Å²) in [5, 5.41) is 14.2. The molecule has 2 aromatic rings. The number of hydrogen-bond acceptors (Lipinski definition) is 3. The van der Waals surface area contributed by atoms with E-state index in [1.165, 1.54) is 12.1 Å². The normalized spacial score (nSPS) is 20.6. The first-order valence-electron chi connectivity index (χ1n) is 9.39. The largest absolute Gasteiger partial charge is 0.433 e. The number of aliphatic hydroxyl groups excluding tert-OH is 1. The van der Waals surface area contributed by atoms with Crippen LogP contribution in [0.15, 0.2) is 24.3 Å². The number of para-hydroxylation sites is 1. The molecule has 0 spiro atoms. The van der Waals surface area contributed by atoms with E-state index in [9.17, 15) is 27.1 Å². The number of fused-ring (bicyclic) bond motifs is 1. The van der Waals surface area contributed by atoms with Gasteiger partial charge in [0.1, 0.15) is 5.69 Å². The van der Waals surface area contributed by atoms with Gasteiger partial charge in [-0.2, -0.15) is 13.2 Å². The molecule has 3 rings (SSSR count). The lowest BCUT2D eigenvalue weighted by molar-refractivity contribution is -0.141. The van der Waals surface area contributed by atoms with Gasteiger partial charge in [0.2, 0.25) is 0 Å². The topological polar surface area (TPSA) is 45.1 Å². The molecule has 154 valence electrons. The van der Waals surface area contributed by atoms with Crippen LogP contribution in [0, 0.1) is 0 Å². The van der Waals surface area contributed by atoms with Crippen LogP contribution in [0.1, 0.15) is 62.0 Å². The zero-order chi connectivity index (χ0) is 20.5. The van der Waals surface area contributed by atoms with Crippen LogP contribution in [0.2, 0.25) is 0 Å². The Hall–Kier alpha value is -1.80.